The van der Waals surface area contributed by atoms with E-state index in [-0.39, 0.29) is 16.9 Å². The Bertz CT molecular complexity index is 1100. The maximum atomic E-state index is 12.8. The van der Waals surface area contributed by atoms with Crippen molar-refractivity contribution in [2.45, 2.75) is 19.3 Å². The number of nitrogens with two attached hydrogens (primary N) is 1. The molecule has 0 bridgehead atoms. The summed E-state index contributed by atoms with van der Waals surface area (Å²) in [5.74, 6) is -1.88. The van der Waals surface area contributed by atoms with E-state index in [0.29, 0.717) is 16.9 Å². The Morgan fingerprint density at radius 3 is 2.45 bits per heavy atom. The van der Waals surface area contributed by atoms with Gasteiger partial charge in [-0.05, 0) is 37.5 Å². The second-order valence-electron chi connectivity index (χ2n) is 7.02. The summed E-state index contributed by atoms with van der Waals surface area (Å²) >= 11 is 0. The van der Waals surface area contributed by atoms with Gasteiger partial charge in [-0.3, -0.25) is 24.3 Å². The average molecular weight is 396 g/mol. The Balaban J connectivity index is 1.95. The molecule has 9 heteroatoms. The fourth-order valence-corrected chi connectivity index (χ4v) is 3.87. The lowest BCUT2D eigenvalue weighted by molar-refractivity contribution is 0.0600. The number of benzene rings is 1. The Kier molecular flexibility index (Phi) is 4.57. The normalized spacial score (nSPS) is 15.8. The molecule has 0 atom stereocenters. The summed E-state index contributed by atoms with van der Waals surface area (Å²) in [4.78, 5) is 51.0. The lowest BCUT2D eigenvalue weighted by Crippen LogP contribution is -2.32. The number of carbonyl (C=O) groups is 3. The summed E-state index contributed by atoms with van der Waals surface area (Å²) in [7, 11) is 1.30. The topological polar surface area (TPSA) is 124 Å². The second kappa shape index (κ2) is 7.08. The van der Waals surface area contributed by atoms with Crippen LogP contribution in [0.4, 0.5) is 11.5 Å². The summed E-state index contributed by atoms with van der Waals surface area (Å²) in [5, 5.41) is 2.16. The highest BCUT2D eigenvalue weighted by molar-refractivity contribution is 6.23. The number of esters is 1. The number of amides is 2. The van der Waals surface area contributed by atoms with Crippen LogP contribution in [0.3, 0.4) is 0 Å². The minimum Gasteiger partial charge on any atom is -0.465 e. The molecule has 1 aromatic carbocycles. The summed E-state index contributed by atoms with van der Waals surface area (Å²) in [6.45, 7) is 1.52. The van der Waals surface area contributed by atoms with Crippen LogP contribution < -0.4 is 21.5 Å². The standard InChI is InChI=1S/C20H20N4O5/c1-29-20(28)11-5-6-13(14(9-11)23-7-3-2-4-8-23)24-15(25)10-12-16(17(24)21)19(27)22-18(12)26/h5-6,9-10H,2-4,7-8,21H2,1H3,(H,22,26,27). The number of nitrogen functional groups attached to an aromatic ring is 1. The quantitative estimate of drug-likeness (QED) is 0.588. The highest BCUT2D eigenvalue weighted by Gasteiger charge is 2.32. The number of ether oxygens (including phenoxy) is 1. The molecule has 0 unspecified atom stereocenters. The van der Waals surface area contributed by atoms with Gasteiger partial charge in [-0.2, -0.15) is 0 Å². The van der Waals surface area contributed by atoms with Crippen LogP contribution in [-0.2, 0) is 4.74 Å². The molecule has 3 N–H and O–H groups in total. The van der Waals surface area contributed by atoms with Crippen molar-refractivity contribution in [3.63, 3.8) is 0 Å². The number of methoxy groups -OCH3 is 1. The fourth-order valence-electron chi connectivity index (χ4n) is 3.87. The van der Waals surface area contributed by atoms with Crippen LogP contribution in [0.5, 0.6) is 0 Å². The largest absolute Gasteiger partial charge is 0.465 e. The van der Waals surface area contributed by atoms with Gasteiger partial charge < -0.3 is 15.4 Å². The molecule has 1 saturated heterocycles. The van der Waals surface area contributed by atoms with Gasteiger partial charge in [0.25, 0.3) is 17.4 Å². The van der Waals surface area contributed by atoms with E-state index in [1.165, 1.54) is 11.7 Å². The number of hydrogen-bond acceptors (Lipinski definition) is 7. The number of rotatable bonds is 3. The lowest BCUT2D eigenvalue weighted by atomic mass is 10.1. The molecule has 4 rings (SSSR count). The van der Waals surface area contributed by atoms with E-state index in [0.717, 1.165) is 38.4 Å². The monoisotopic (exact) mass is 396 g/mol. The van der Waals surface area contributed by atoms with Gasteiger partial charge in [0.15, 0.2) is 0 Å². The molecule has 1 aromatic heterocycles. The van der Waals surface area contributed by atoms with Crippen molar-refractivity contribution in [2.24, 2.45) is 0 Å². The molecule has 1 fully saturated rings. The number of nitrogens with one attached hydrogen (secondary N) is 1. The summed E-state index contributed by atoms with van der Waals surface area (Å²) in [6, 6.07) is 5.92. The van der Waals surface area contributed by atoms with Crippen molar-refractivity contribution in [3.8, 4) is 5.69 Å². The van der Waals surface area contributed by atoms with Crippen molar-refractivity contribution in [2.75, 3.05) is 30.8 Å². The van der Waals surface area contributed by atoms with Gasteiger partial charge >= 0.3 is 5.97 Å². The maximum Gasteiger partial charge on any atom is 0.337 e. The molecule has 2 aromatic rings. The van der Waals surface area contributed by atoms with Gasteiger partial charge in [-0.25, -0.2) is 4.79 Å². The van der Waals surface area contributed by atoms with E-state index in [4.69, 9.17) is 10.5 Å². The highest BCUT2D eigenvalue weighted by atomic mass is 16.5. The predicted octanol–water partition coefficient (Wildman–Crippen LogP) is 1.08. The maximum absolute atomic E-state index is 12.8. The molecule has 2 aliphatic heterocycles. The number of nitrogens with zero attached hydrogens (tertiary/aromatic N) is 2. The number of imide groups is 1. The molecule has 3 heterocycles. The molecule has 2 aliphatic rings. The van der Waals surface area contributed by atoms with Crippen molar-refractivity contribution >= 4 is 29.3 Å². The molecule has 9 nitrogen and oxygen atoms in total. The smallest absolute Gasteiger partial charge is 0.337 e. The van der Waals surface area contributed by atoms with Crippen molar-refractivity contribution in [1.29, 1.82) is 0 Å². The zero-order valence-electron chi connectivity index (χ0n) is 15.9. The third kappa shape index (κ3) is 3.04. The minimum atomic E-state index is -0.641. The van der Waals surface area contributed by atoms with E-state index >= 15 is 0 Å². The predicted molar refractivity (Wildman–Crippen MR) is 106 cm³/mol. The first-order chi connectivity index (χ1) is 13.9. The second-order valence-corrected chi connectivity index (χ2v) is 7.02. The highest BCUT2D eigenvalue weighted by Crippen LogP contribution is 2.31. The fraction of sp³-hybridized carbons (Fsp3) is 0.300. The molecule has 0 radical (unpaired) electrons. The first-order valence-electron chi connectivity index (χ1n) is 9.31. The van der Waals surface area contributed by atoms with Crippen LogP contribution in [0.25, 0.3) is 5.69 Å². The van der Waals surface area contributed by atoms with E-state index in [9.17, 15) is 19.2 Å². The third-order valence-electron chi connectivity index (χ3n) is 5.29. The number of hydrogen-bond donors (Lipinski definition) is 2. The SMILES string of the molecule is COC(=O)c1ccc(-n2c(N)c3c(cc2=O)C(=O)NC3=O)c(N2CCCCC2)c1. The summed E-state index contributed by atoms with van der Waals surface area (Å²) in [5.41, 5.74) is 7.04. The minimum absolute atomic E-state index is 0.0174. The molecule has 29 heavy (non-hydrogen) atoms. The van der Waals surface area contributed by atoms with Crippen molar-refractivity contribution in [1.82, 2.24) is 9.88 Å². The summed E-state index contributed by atoms with van der Waals surface area (Å²) in [6.07, 6.45) is 3.06. The number of pyridine rings is 1. The van der Waals surface area contributed by atoms with E-state index in [1.54, 1.807) is 18.2 Å². The number of anilines is 2. The molecule has 2 amide bonds. The van der Waals surface area contributed by atoms with Gasteiger partial charge in [0.2, 0.25) is 0 Å². The van der Waals surface area contributed by atoms with Crippen LogP contribution in [0.15, 0.2) is 29.1 Å². The Morgan fingerprint density at radius 2 is 1.76 bits per heavy atom. The van der Waals surface area contributed by atoms with Gasteiger partial charge in [0.05, 0.1) is 35.2 Å². The molecular weight excluding hydrogens is 376 g/mol. The van der Waals surface area contributed by atoms with Crippen molar-refractivity contribution < 1.29 is 19.1 Å². The van der Waals surface area contributed by atoms with E-state index < -0.39 is 23.3 Å². The molecular formula is C20H20N4O5. The van der Waals surface area contributed by atoms with Crippen LogP contribution in [0, 0.1) is 0 Å². The van der Waals surface area contributed by atoms with E-state index in [1.807, 2.05) is 0 Å². The zero-order valence-corrected chi connectivity index (χ0v) is 15.9. The van der Waals surface area contributed by atoms with Crippen molar-refractivity contribution in [3.05, 3.63) is 51.3 Å². The van der Waals surface area contributed by atoms with Crippen LogP contribution in [0.2, 0.25) is 0 Å². The number of carbonyl (C=O) groups excluding carboxylic acids is 3. The average Bonchev–Trinajstić information content (AvgIpc) is 3.01. The Morgan fingerprint density at radius 1 is 1.03 bits per heavy atom. The van der Waals surface area contributed by atoms with Gasteiger partial charge in [0, 0.05) is 19.2 Å². The van der Waals surface area contributed by atoms with E-state index in [2.05, 4.69) is 10.2 Å². The number of piperidine rings is 1. The van der Waals surface area contributed by atoms with Crippen LogP contribution >= 0.6 is 0 Å². The zero-order chi connectivity index (χ0) is 20.7. The first-order valence-corrected chi connectivity index (χ1v) is 9.31. The molecule has 150 valence electrons. The first kappa shape index (κ1) is 18.7. The van der Waals surface area contributed by atoms with Gasteiger partial charge in [0.1, 0.15) is 5.82 Å². The Hall–Kier alpha value is -3.62. The lowest BCUT2D eigenvalue weighted by Gasteiger charge is -2.31. The summed E-state index contributed by atoms with van der Waals surface area (Å²) < 4.78 is 6.03. The molecule has 0 saturated carbocycles. The Labute approximate surface area is 166 Å². The molecule has 0 aliphatic carbocycles. The molecule has 0 spiro atoms. The van der Waals surface area contributed by atoms with Gasteiger partial charge in [-0.15, -0.1) is 0 Å². The van der Waals surface area contributed by atoms with Crippen LogP contribution in [-0.4, -0.2) is 42.6 Å². The van der Waals surface area contributed by atoms with Gasteiger partial charge in [-0.1, -0.05) is 0 Å². The van der Waals surface area contributed by atoms with Crippen LogP contribution in [0.1, 0.15) is 50.3 Å². The number of aromatic nitrogens is 1. The number of fused-ring (bicyclic) bond motifs is 1. The third-order valence-corrected chi connectivity index (χ3v) is 5.29.